The van der Waals surface area contributed by atoms with E-state index in [0.29, 0.717) is 66.9 Å². The van der Waals surface area contributed by atoms with E-state index in [1.165, 1.54) is 0 Å². The van der Waals surface area contributed by atoms with Crippen molar-refractivity contribution in [1.82, 2.24) is 30.1 Å². The second kappa shape index (κ2) is 11.2. The molecule has 0 bridgehead atoms. The number of hydrogen-bond acceptors (Lipinski definition) is 9. The summed E-state index contributed by atoms with van der Waals surface area (Å²) in [5.74, 6) is 0.188. The number of piperazine rings is 1. The number of nitrogens with one attached hydrogen (secondary N) is 1. The van der Waals surface area contributed by atoms with Crippen LogP contribution in [0.2, 0.25) is 5.02 Å². The minimum atomic E-state index is -0.465. The average molecular weight is 563 g/mol. The lowest BCUT2D eigenvalue weighted by molar-refractivity contribution is 0.187. The number of fused-ring (bicyclic) bond motifs is 2. The van der Waals surface area contributed by atoms with Gasteiger partial charge in [0.25, 0.3) is 0 Å². The summed E-state index contributed by atoms with van der Waals surface area (Å²) >= 11 is 6.61. The molecule has 40 heavy (non-hydrogen) atoms. The maximum atomic E-state index is 16.7. The molecule has 5 heterocycles. The van der Waals surface area contributed by atoms with Crippen LogP contribution in [0.25, 0.3) is 22.3 Å². The third-order valence-corrected chi connectivity index (χ3v) is 8.43. The number of likely N-dealkylation sites (N-methyl/N-ethyl adjacent to an activating group) is 1. The number of rotatable bonds is 6. The Labute approximate surface area is 238 Å². The second-order valence-electron chi connectivity index (χ2n) is 10.7. The molecular weight excluding hydrogens is 531 g/mol. The molecule has 0 spiro atoms. The number of pyridine rings is 1. The third-order valence-electron chi connectivity index (χ3n) is 8.11. The number of aromatic nitrogens is 3. The molecule has 2 fully saturated rings. The van der Waals surface area contributed by atoms with E-state index in [1.807, 2.05) is 24.1 Å². The van der Waals surface area contributed by atoms with Crippen LogP contribution in [-0.2, 0) is 6.54 Å². The second-order valence-corrected chi connectivity index (χ2v) is 11.2. The van der Waals surface area contributed by atoms with E-state index >= 15 is 4.39 Å². The Morgan fingerprint density at radius 2 is 2.10 bits per heavy atom. The van der Waals surface area contributed by atoms with Crippen LogP contribution < -0.4 is 15.0 Å². The Morgan fingerprint density at radius 3 is 2.90 bits per heavy atom. The first-order chi connectivity index (χ1) is 19.4. The summed E-state index contributed by atoms with van der Waals surface area (Å²) in [6.45, 7) is 3.84. The van der Waals surface area contributed by atoms with Crippen molar-refractivity contribution in [3.05, 3.63) is 52.4 Å². The SMILES string of the molecule is CN1Cc2c(nc(OC[C@@H]3CCCN3C)nc2N2CCN[C@@H](CC#N)C2)C(F)=C1c1cncc2cccc(Cl)c12. The molecule has 3 aliphatic rings. The van der Waals surface area contributed by atoms with Crippen LogP contribution in [0.3, 0.4) is 0 Å². The Bertz CT molecular complexity index is 1500. The largest absolute Gasteiger partial charge is 0.462 e. The molecule has 2 atom stereocenters. The highest BCUT2D eigenvalue weighted by molar-refractivity contribution is 6.36. The monoisotopic (exact) mass is 562 g/mol. The normalized spacial score (nSPS) is 21.6. The Hall–Kier alpha value is -3.52. The van der Waals surface area contributed by atoms with Gasteiger partial charge in [-0.3, -0.25) is 4.98 Å². The van der Waals surface area contributed by atoms with Crippen molar-refractivity contribution in [3.8, 4) is 12.1 Å². The van der Waals surface area contributed by atoms with Gasteiger partial charge < -0.3 is 24.8 Å². The summed E-state index contributed by atoms with van der Waals surface area (Å²) in [5.41, 5.74) is 1.92. The molecule has 0 unspecified atom stereocenters. The number of anilines is 1. The van der Waals surface area contributed by atoms with Crippen LogP contribution in [0.5, 0.6) is 6.01 Å². The number of nitrogens with zero attached hydrogens (tertiary/aromatic N) is 7. The van der Waals surface area contributed by atoms with Crippen LogP contribution in [0.1, 0.15) is 36.1 Å². The molecule has 11 heteroatoms. The summed E-state index contributed by atoms with van der Waals surface area (Å²) < 4.78 is 22.8. The van der Waals surface area contributed by atoms with Gasteiger partial charge in [0, 0.05) is 84.6 Å². The van der Waals surface area contributed by atoms with E-state index in [9.17, 15) is 5.26 Å². The Kier molecular flexibility index (Phi) is 7.45. The first kappa shape index (κ1) is 26.7. The lowest BCUT2D eigenvalue weighted by atomic mass is 9.98. The summed E-state index contributed by atoms with van der Waals surface area (Å²) in [4.78, 5) is 20.1. The van der Waals surface area contributed by atoms with Crippen molar-refractivity contribution in [1.29, 1.82) is 5.26 Å². The fourth-order valence-corrected chi connectivity index (χ4v) is 6.30. The van der Waals surface area contributed by atoms with Crippen LogP contribution in [0.4, 0.5) is 10.2 Å². The zero-order chi connectivity index (χ0) is 27.8. The number of nitriles is 1. The number of hydrogen-bond donors (Lipinski definition) is 1. The highest BCUT2D eigenvalue weighted by Gasteiger charge is 2.34. The van der Waals surface area contributed by atoms with Crippen molar-refractivity contribution in [2.45, 2.75) is 37.9 Å². The highest BCUT2D eigenvalue weighted by Crippen LogP contribution is 2.43. The van der Waals surface area contributed by atoms with Crippen molar-refractivity contribution in [2.24, 2.45) is 0 Å². The van der Waals surface area contributed by atoms with E-state index in [-0.39, 0.29) is 23.8 Å². The molecule has 0 amide bonds. The van der Waals surface area contributed by atoms with Gasteiger partial charge in [0.1, 0.15) is 18.1 Å². The van der Waals surface area contributed by atoms with Gasteiger partial charge in [-0.15, -0.1) is 0 Å². The highest BCUT2D eigenvalue weighted by atomic mass is 35.5. The van der Waals surface area contributed by atoms with Gasteiger partial charge in [-0.1, -0.05) is 23.7 Å². The van der Waals surface area contributed by atoms with Gasteiger partial charge in [-0.25, -0.2) is 4.39 Å². The fourth-order valence-electron chi connectivity index (χ4n) is 6.02. The molecule has 1 aromatic carbocycles. The van der Waals surface area contributed by atoms with E-state index in [4.69, 9.17) is 21.3 Å². The van der Waals surface area contributed by atoms with E-state index in [1.54, 1.807) is 18.5 Å². The molecule has 9 nitrogen and oxygen atoms in total. The molecule has 3 aromatic rings. The fraction of sp³-hybridized carbons (Fsp3) is 0.448. The maximum Gasteiger partial charge on any atom is 0.319 e. The Balaban J connectivity index is 1.46. The van der Waals surface area contributed by atoms with Gasteiger partial charge in [0.05, 0.1) is 18.2 Å². The third kappa shape index (κ3) is 4.94. The lowest BCUT2D eigenvalue weighted by Crippen LogP contribution is -2.51. The molecule has 208 valence electrons. The first-order valence-corrected chi connectivity index (χ1v) is 14.1. The number of ether oxygens (including phenoxy) is 1. The number of likely N-dealkylation sites (tertiary alicyclic amines) is 1. The smallest absolute Gasteiger partial charge is 0.319 e. The van der Waals surface area contributed by atoms with Crippen LogP contribution in [-0.4, -0.2) is 83.7 Å². The summed E-state index contributed by atoms with van der Waals surface area (Å²) in [6, 6.07) is 8.27. The molecule has 2 saturated heterocycles. The molecule has 0 radical (unpaired) electrons. The summed E-state index contributed by atoms with van der Waals surface area (Å²) in [7, 11) is 3.94. The molecule has 1 N–H and O–H groups in total. The van der Waals surface area contributed by atoms with Gasteiger partial charge >= 0.3 is 6.01 Å². The zero-order valence-electron chi connectivity index (χ0n) is 22.7. The molecule has 2 aromatic heterocycles. The molecule has 6 rings (SSSR count). The molecule has 0 aliphatic carbocycles. The topological polar surface area (TPSA) is 93.4 Å². The Morgan fingerprint density at radius 1 is 1.23 bits per heavy atom. The molecular formula is C29H32ClFN8O. The average Bonchev–Trinajstić information content (AvgIpc) is 3.37. The van der Waals surface area contributed by atoms with Crippen molar-refractivity contribution < 1.29 is 9.13 Å². The lowest BCUT2D eigenvalue weighted by Gasteiger charge is -2.37. The van der Waals surface area contributed by atoms with Crippen molar-refractivity contribution >= 4 is 39.7 Å². The van der Waals surface area contributed by atoms with Gasteiger partial charge in [-0.2, -0.15) is 15.2 Å². The van der Waals surface area contributed by atoms with Crippen LogP contribution in [0.15, 0.2) is 30.6 Å². The molecule has 0 saturated carbocycles. The van der Waals surface area contributed by atoms with Crippen molar-refractivity contribution in [3.63, 3.8) is 0 Å². The minimum absolute atomic E-state index is 0.00189. The predicted octanol–water partition coefficient (Wildman–Crippen LogP) is 4.08. The standard InChI is InChI=1S/C29H32ClFN8O/c1-37-11-4-6-20(37)17-40-29-35-26-22(28(36-29)39-12-10-34-19(15-39)8-9-32)16-38(2)27(25(26)31)21-14-33-13-18-5-3-7-23(30)24(18)21/h3,5,7,13-14,19-20,34H,4,6,8,10-12,15-17H2,1-2H3/t19-,20-/m0/s1. The summed E-state index contributed by atoms with van der Waals surface area (Å²) in [5, 5.41) is 14.8. The van der Waals surface area contributed by atoms with Gasteiger partial charge in [-0.05, 0) is 32.5 Å². The van der Waals surface area contributed by atoms with Crippen LogP contribution >= 0.6 is 11.6 Å². The van der Waals surface area contributed by atoms with Gasteiger partial charge in [0.2, 0.25) is 0 Å². The maximum absolute atomic E-state index is 16.7. The van der Waals surface area contributed by atoms with Gasteiger partial charge in [0.15, 0.2) is 5.83 Å². The van der Waals surface area contributed by atoms with Crippen molar-refractivity contribution in [2.75, 3.05) is 51.8 Å². The van der Waals surface area contributed by atoms with Crippen LogP contribution in [0, 0.1) is 11.3 Å². The summed E-state index contributed by atoms with van der Waals surface area (Å²) in [6.07, 6.45) is 5.93. The van der Waals surface area contributed by atoms with E-state index in [2.05, 4.69) is 38.2 Å². The molecule has 3 aliphatic heterocycles. The quantitative estimate of drug-likeness (QED) is 0.477. The van der Waals surface area contributed by atoms with E-state index < -0.39 is 5.83 Å². The van der Waals surface area contributed by atoms with E-state index in [0.717, 1.165) is 30.2 Å². The predicted molar refractivity (Wildman–Crippen MR) is 154 cm³/mol. The number of benzene rings is 1. The zero-order valence-corrected chi connectivity index (χ0v) is 23.5. The first-order valence-electron chi connectivity index (χ1n) is 13.7. The number of halogens is 2. The minimum Gasteiger partial charge on any atom is -0.462 e.